The van der Waals surface area contributed by atoms with Crippen LogP contribution in [0.4, 0.5) is 22.0 Å². The molecule has 2 aliphatic heterocycles. The van der Waals surface area contributed by atoms with Gasteiger partial charge in [-0.15, -0.1) is 10.2 Å². The Hall–Kier alpha value is -6.36. The standard InChI is InChI=1S/C10H9F5O.C10H13N3O.C9H12N4O.C9H15NO3.C8H13NO3/c1-10(2,3)16-9-7(14)5(12)4(11)6(13)8(9)15;1-10(2,3)14-13-9-7-5-4-6-8(9)11-12-13;1-9(2,3)14-13-8-7(11-12-13)5-4-6-10-8;1-6-5-7(11)10(8(6)12)13-9(2,3)4;1-8(2,3)12-9-6(10)4-5-7(9)11/h1-3H3;4-7H,1-3H3;4-6H,1-3H3;6H,5H2,1-4H3;4-5H2,1-3H3. The number of carbonyl (C=O) groups excluding carboxylic acids is 4. The van der Waals surface area contributed by atoms with Gasteiger partial charge >= 0.3 is 0 Å². The summed E-state index contributed by atoms with van der Waals surface area (Å²) in [5, 5.41) is 17.5. The minimum Gasteiger partial charge on any atom is -0.482 e. The lowest BCUT2D eigenvalue weighted by Crippen LogP contribution is -2.38. The van der Waals surface area contributed by atoms with Crippen molar-refractivity contribution in [3.8, 4) is 5.75 Å². The van der Waals surface area contributed by atoms with Crippen molar-refractivity contribution in [2.75, 3.05) is 0 Å². The van der Waals surface area contributed by atoms with E-state index in [9.17, 15) is 41.1 Å². The monoisotopic (exact) mass is 979 g/mol. The smallest absolute Gasteiger partial charge is 0.256 e. The third-order valence-electron chi connectivity index (χ3n) is 7.87. The number of pyridine rings is 1. The van der Waals surface area contributed by atoms with E-state index < -0.39 is 51.6 Å². The molecule has 1 atom stereocenters. The van der Waals surface area contributed by atoms with E-state index in [1.54, 1.807) is 54.7 Å². The Morgan fingerprint density at radius 2 is 0.957 bits per heavy atom. The summed E-state index contributed by atoms with van der Waals surface area (Å²) >= 11 is 0. The second kappa shape index (κ2) is 22.4. The highest BCUT2D eigenvalue weighted by molar-refractivity contribution is 6.02. The Labute approximate surface area is 397 Å². The first-order chi connectivity index (χ1) is 31.5. The van der Waals surface area contributed by atoms with Gasteiger partial charge in [-0.05, 0) is 139 Å². The van der Waals surface area contributed by atoms with Crippen molar-refractivity contribution >= 4 is 45.8 Å². The van der Waals surface area contributed by atoms with Crippen LogP contribution in [0.25, 0.3) is 22.2 Å². The molecule has 23 heteroatoms. The predicted molar refractivity (Wildman–Crippen MR) is 241 cm³/mol. The van der Waals surface area contributed by atoms with Crippen LogP contribution in [0.15, 0.2) is 42.6 Å². The zero-order chi connectivity index (χ0) is 52.6. The van der Waals surface area contributed by atoms with Crippen molar-refractivity contribution in [2.24, 2.45) is 5.92 Å². The lowest BCUT2D eigenvalue weighted by Gasteiger charge is -2.24. The number of benzene rings is 2. The maximum Gasteiger partial charge on any atom is 0.256 e. The van der Waals surface area contributed by atoms with Crippen LogP contribution in [0.2, 0.25) is 0 Å². The number of halogens is 5. The van der Waals surface area contributed by atoms with Crippen LogP contribution in [-0.4, -0.2) is 97.1 Å². The molecule has 1 unspecified atom stereocenters. The van der Waals surface area contributed by atoms with Gasteiger partial charge in [-0.3, -0.25) is 28.9 Å². The lowest BCUT2D eigenvalue weighted by atomic mass is 10.1. The fraction of sp³-hybridized carbons (Fsp3) is 0.543. The topological polar surface area (TPSA) is 195 Å². The highest BCUT2D eigenvalue weighted by Crippen LogP contribution is 2.31. The number of nitrogens with zero attached hydrogens (tertiary/aromatic N) is 9. The van der Waals surface area contributed by atoms with Gasteiger partial charge in [0.2, 0.25) is 34.7 Å². The van der Waals surface area contributed by atoms with E-state index in [-0.39, 0.29) is 60.0 Å². The summed E-state index contributed by atoms with van der Waals surface area (Å²) in [4.78, 5) is 73.2. The summed E-state index contributed by atoms with van der Waals surface area (Å²) < 4.78 is 69.0. The van der Waals surface area contributed by atoms with Gasteiger partial charge in [0.05, 0.1) is 11.2 Å². The third kappa shape index (κ3) is 17.6. The molecule has 0 radical (unpaired) electrons. The molecule has 380 valence electrons. The molecule has 7 rings (SSSR count). The molecular weight excluding hydrogens is 918 g/mol. The Kier molecular flexibility index (Phi) is 18.5. The number of imide groups is 2. The first-order valence-corrected chi connectivity index (χ1v) is 21.7. The number of para-hydroxylation sites is 1. The Balaban J connectivity index is 0.000000229. The van der Waals surface area contributed by atoms with Gasteiger partial charge < -0.3 is 14.4 Å². The summed E-state index contributed by atoms with van der Waals surface area (Å²) in [6, 6.07) is 11.4. The number of carbonyl (C=O) groups is 4. The van der Waals surface area contributed by atoms with E-state index in [2.05, 4.69) is 30.3 Å². The second-order valence-electron chi connectivity index (χ2n) is 20.4. The molecule has 18 nitrogen and oxygen atoms in total. The van der Waals surface area contributed by atoms with Crippen molar-refractivity contribution in [3.05, 3.63) is 71.7 Å². The maximum atomic E-state index is 13.1. The molecular formula is C46H62F5N9O9. The molecule has 4 amide bonds. The average Bonchev–Trinajstić information content (AvgIpc) is 3.96. The van der Waals surface area contributed by atoms with Crippen molar-refractivity contribution in [2.45, 2.75) is 158 Å². The molecule has 5 heterocycles. The summed E-state index contributed by atoms with van der Waals surface area (Å²) in [7, 11) is 0. The minimum atomic E-state index is -2.20. The average molecular weight is 980 g/mol. The van der Waals surface area contributed by atoms with Crippen LogP contribution < -0.4 is 14.4 Å². The van der Waals surface area contributed by atoms with Gasteiger partial charge in [-0.25, -0.2) is 18.2 Å². The molecule has 0 saturated carbocycles. The van der Waals surface area contributed by atoms with Crippen LogP contribution in [-0.2, 0) is 28.9 Å². The summed E-state index contributed by atoms with van der Waals surface area (Å²) in [6.07, 6.45) is 2.49. The number of aromatic nitrogens is 7. The molecule has 2 aliphatic rings. The van der Waals surface area contributed by atoms with Crippen LogP contribution in [0.5, 0.6) is 5.75 Å². The van der Waals surface area contributed by atoms with Gasteiger partial charge in [0, 0.05) is 31.4 Å². The zero-order valence-electron chi connectivity index (χ0n) is 41.8. The highest BCUT2D eigenvalue weighted by atomic mass is 19.2. The Morgan fingerprint density at radius 1 is 0.522 bits per heavy atom. The molecule has 3 aromatic heterocycles. The predicted octanol–water partition coefficient (Wildman–Crippen LogP) is 8.25. The SMILES string of the molecule is CC(C)(C)ON1C(=O)CCC1=O.CC(C)(C)Oc1c(F)c(F)c(F)c(F)c1F.CC(C)(C)On1nnc2ccccc21.CC(C)(C)On1nnc2cccnc21.CC1CC(=O)N(OC(C)(C)C)C1=O. The zero-order valence-corrected chi connectivity index (χ0v) is 41.8. The van der Waals surface area contributed by atoms with Crippen LogP contribution in [0, 0.1) is 35.0 Å². The van der Waals surface area contributed by atoms with E-state index in [0.29, 0.717) is 5.65 Å². The van der Waals surface area contributed by atoms with Gasteiger partial charge in [0.25, 0.3) is 23.6 Å². The molecule has 69 heavy (non-hydrogen) atoms. The van der Waals surface area contributed by atoms with Gasteiger partial charge in [-0.2, -0.15) is 18.9 Å². The molecule has 0 bridgehead atoms. The van der Waals surface area contributed by atoms with Crippen molar-refractivity contribution in [3.63, 3.8) is 0 Å². The lowest BCUT2D eigenvalue weighted by molar-refractivity contribution is -0.219. The number of rotatable bonds is 5. The molecule has 0 aliphatic carbocycles. The molecule has 2 saturated heterocycles. The van der Waals surface area contributed by atoms with Crippen molar-refractivity contribution < 1.29 is 65.2 Å². The Bertz CT molecular complexity index is 2460. The molecule has 2 fully saturated rings. The number of amides is 4. The fourth-order valence-electron chi connectivity index (χ4n) is 5.28. The minimum absolute atomic E-state index is 0.236. The van der Waals surface area contributed by atoms with Crippen LogP contribution in [0.1, 0.15) is 130 Å². The third-order valence-corrected chi connectivity index (χ3v) is 7.87. The first-order valence-electron chi connectivity index (χ1n) is 21.7. The highest BCUT2D eigenvalue weighted by Gasteiger charge is 2.39. The number of hydroxylamine groups is 4. The quantitative estimate of drug-likeness (QED) is 0.0707. The molecule has 2 aromatic carbocycles. The van der Waals surface area contributed by atoms with Crippen LogP contribution >= 0.6 is 0 Å². The normalized spacial score (nSPS) is 15.5. The maximum absolute atomic E-state index is 13.1. The van der Waals surface area contributed by atoms with Crippen LogP contribution in [0.3, 0.4) is 0 Å². The summed E-state index contributed by atoms with van der Waals surface area (Å²) in [5.74, 6) is -12.6. The van der Waals surface area contributed by atoms with E-state index in [0.717, 1.165) is 26.7 Å². The van der Waals surface area contributed by atoms with Gasteiger partial charge in [0.15, 0.2) is 5.75 Å². The molecule has 0 N–H and O–H groups in total. The summed E-state index contributed by atoms with van der Waals surface area (Å²) in [6.45, 7) is 28.6. The van der Waals surface area contributed by atoms with Gasteiger partial charge in [0.1, 0.15) is 33.4 Å². The Morgan fingerprint density at radius 3 is 1.43 bits per heavy atom. The number of fused-ring (bicyclic) bond motifs is 2. The number of hydrogen-bond acceptors (Lipinski definition) is 14. The second-order valence-corrected chi connectivity index (χ2v) is 20.4. The van der Waals surface area contributed by atoms with Crippen molar-refractivity contribution in [1.82, 2.24) is 45.4 Å². The van der Waals surface area contributed by atoms with E-state index in [1.165, 1.54) is 30.5 Å². The number of hydrogen-bond donors (Lipinski definition) is 0. The van der Waals surface area contributed by atoms with E-state index >= 15 is 0 Å². The largest absolute Gasteiger partial charge is 0.482 e. The first kappa shape index (κ1) is 57.0. The molecule has 0 spiro atoms. The van der Waals surface area contributed by atoms with Gasteiger partial charge in [-0.1, -0.05) is 28.7 Å². The van der Waals surface area contributed by atoms with Crippen molar-refractivity contribution in [1.29, 1.82) is 0 Å². The summed E-state index contributed by atoms with van der Waals surface area (Å²) in [5.41, 5.74) is 0.469. The van der Waals surface area contributed by atoms with E-state index in [1.807, 2.05) is 77.9 Å². The van der Waals surface area contributed by atoms with E-state index in [4.69, 9.17) is 19.4 Å². The molecule has 5 aromatic rings. The fourth-order valence-corrected chi connectivity index (χ4v) is 5.28. The number of ether oxygens (including phenoxy) is 1.